The number of aromatic hydroxyl groups is 1. The van der Waals surface area contributed by atoms with Crippen LogP contribution in [0.5, 0.6) is 5.75 Å². The molecular weight excluding hydrogens is 528 g/mol. The van der Waals surface area contributed by atoms with E-state index in [2.05, 4.69) is 61.5 Å². The van der Waals surface area contributed by atoms with Gasteiger partial charge in [-0.25, -0.2) is 23.1 Å². The van der Waals surface area contributed by atoms with Crippen LogP contribution in [0.3, 0.4) is 0 Å². The van der Waals surface area contributed by atoms with Crippen LogP contribution < -0.4 is 18.6 Å². The number of benzene rings is 4. The Morgan fingerprint density at radius 1 is 0.700 bits per heavy atom. The van der Waals surface area contributed by atoms with Crippen molar-refractivity contribution in [2.45, 2.75) is 26.2 Å². The lowest BCUT2D eigenvalue weighted by Crippen LogP contribution is -2.68. The number of fused-ring (bicyclic) bond motifs is 1. The molecule has 1 heterocycles. The fraction of sp³-hybridized carbons (Fsp3) is 0.121. The van der Waals surface area contributed by atoms with Crippen molar-refractivity contribution in [2.24, 2.45) is 0 Å². The van der Waals surface area contributed by atoms with E-state index >= 15 is 0 Å². The SMILES string of the molecule is CCCCc1cc2cc(-c3ccccc3)ccc2[o+]c1C=Cc1cc(-c2ccccc2)ccc1O.[O-][Cl+3]([O-])([O-])[O-]. The topological polar surface area (TPSA) is 124 Å². The van der Waals surface area contributed by atoms with Gasteiger partial charge in [0.2, 0.25) is 0 Å². The number of phenolic OH excluding ortho intramolecular Hbond substituents is 1. The predicted molar refractivity (Wildman–Crippen MR) is 147 cm³/mol. The summed E-state index contributed by atoms with van der Waals surface area (Å²) in [5.41, 5.74) is 7.37. The normalized spacial score (nSPS) is 11.4. The first-order valence-corrected chi connectivity index (χ1v) is 14.1. The maximum absolute atomic E-state index is 10.5. The summed E-state index contributed by atoms with van der Waals surface area (Å²) in [5.74, 6) is 1.09. The van der Waals surface area contributed by atoms with E-state index in [4.69, 9.17) is 23.1 Å². The van der Waals surface area contributed by atoms with Crippen molar-refractivity contribution in [1.29, 1.82) is 0 Å². The second-order valence-corrected chi connectivity index (χ2v) is 9.96. The van der Waals surface area contributed by atoms with Crippen molar-refractivity contribution in [3.8, 4) is 28.0 Å². The highest BCUT2D eigenvalue weighted by atomic mass is 35.7. The molecule has 0 saturated heterocycles. The van der Waals surface area contributed by atoms with Crippen LogP contribution in [0.1, 0.15) is 36.7 Å². The zero-order valence-electron chi connectivity index (χ0n) is 22.0. The van der Waals surface area contributed by atoms with Crippen molar-refractivity contribution in [1.82, 2.24) is 0 Å². The number of halogens is 1. The van der Waals surface area contributed by atoms with Gasteiger partial charge in [0, 0.05) is 17.7 Å². The van der Waals surface area contributed by atoms with Crippen LogP contribution in [0.2, 0.25) is 0 Å². The lowest BCUT2D eigenvalue weighted by atomic mass is 10.00. The molecular formula is C33H29ClO6. The Balaban J connectivity index is 0.000000681. The fourth-order valence-corrected chi connectivity index (χ4v) is 4.37. The Hall–Kier alpha value is -4.04. The van der Waals surface area contributed by atoms with Crippen molar-refractivity contribution in [2.75, 3.05) is 0 Å². The first-order chi connectivity index (χ1) is 19.2. The Labute approximate surface area is 235 Å². The highest BCUT2D eigenvalue weighted by molar-refractivity contribution is 5.85. The number of rotatable bonds is 7. The van der Waals surface area contributed by atoms with Gasteiger partial charge in [-0.2, -0.15) is 0 Å². The molecule has 0 atom stereocenters. The molecule has 0 saturated carbocycles. The minimum Gasteiger partial charge on any atom is -0.507 e. The molecule has 5 aromatic rings. The summed E-state index contributed by atoms with van der Waals surface area (Å²) in [4.78, 5) is 0. The molecule has 7 heteroatoms. The Morgan fingerprint density at radius 2 is 1.27 bits per heavy atom. The van der Waals surface area contributed by atoms with Crippen LogP contribution in [0.15, 0.2) is 108 Å². The van der Waals surface area contributed by atoms with Gasteiger partial charge in [0.1, 0.15) is 5.75 Å². The molecule has 0 amide bonds. The molecule has 0 aliphatic carbocycles. The lowest BCUT2D eigenvalue weighted by molar-refractivity contribution is -2.00. The van der Waals surface area contributed by atoms with Gasteiger partial charge in [-0.3, -0.25) is 0 Å². The van der Waals surface area contributed by atoms with E-state index in [0.717, 1.165) is 52.7 Å². The molecule has 0 fully saturated rings. The molecule has 5 rings (SSSR count). The van der Waals surface area contributed by atoms with E-state index in [1.54, 1.807) is 6.07 Å². The first kappa shape index (κ1) is 29.0. The molecule has 0 aliphatic rings. The van der Waals surface area contributed by atoms with Crippen molar-refractivity contribution < 1.29 is 38.4 Å². The maximum Gasteiger partial charge on any atom is 0.360 e. The summed E-state index contributed by atoms with van der Waals surface area (Å²) in [5, 5.41) is 11.6. The number of hydrogen-bond donors (Lipinski definition) is 1. The molecule has 0 unspecified atom stereocenters. The minimum atomic E-state index is -4.94. The zero-order chi connectivity index (χ0) is 28.5. The van der Waals surface area contributed by atoms with Gasteiger partial charge in [-0.1, -0.05) is 80.1 Å². The minimum absolute atomic E-state index is 0.254. The highest BCUT2D eigenvalue weighted by Gasteiger charge is 2.18. The van der Waals surface area contributed by atoms with Gasteiger partial charge in [-0.05, 0) is 71.5 Å². The highest BCUT2D eigenvalue weighted by Crippen LogP contribution is 2.30. The molecule has 4 aromatic carbocycles. The van der Waals surface area contributed by atoms with Gasteiger partial charge >= 0.3 is 11.3 Å². The second kappa shape index (κ2) is 13.3. The van der Waals surface area contributed by atoms with Gasteiger partial charge in [0.05, 0.1) is 10.9 Å². The van der Waals surface area contributed by atoms with E-state index < -0.39 is 10.2 Å². The monoisotopic (exact) mass is 556 g/mol. The number of unbranched alkanes of at least 4 members (excludes halogenated alkanes) is 1. The Morgan fingerprint density at radius 3 is 1.88 bits per heavy atom. The van der Waals surface area contributed by atoms with Crippen LogP contribution in [0, 0.1) is 10.2 Å². The van der Waals surface area contributed by atoms with Crippen molar-refractivity contribution in [3.05, 3.63) is 120 Å². The quantitative estimate of drug-likeness (QED) is 0.294. The molecule has 204 valence electrons. The molecule has 0 spiro atoms. The Kier molecular flexibility index (Phi) is 9.66. The largest absolute Gasteiger partial charge is 0.507 e. The standard InChI is InChI=1S/C33H28O2.ClHO4/c1-2-3-10-29-23-30-22-27(25-13-8-5-9-14-25)16-19-33(30)35-32(29)20-17-28-21-26(15-18-31(28)34)24-11-6-4-7-12-24;2-1(3,4)5/h4-9,11-23H,2-3,10H2,1H3;(H,2,3,4,5). The molecule has 0 radical (unpaired) electrons. The number of phenols is 1. The van der Waals surface area contributed by atoms with Gasteiger partial charge in [0.25, 0.3) is 0 Å². The van der Waals surface area contributed by atoms with E-state index in [0.29, 0.717) is 0 Å². The summed E-state index contributed by atoms with van der Waals surface area (Å²) in [7, 11) is -4.94. The summed E-state index contributed by atoms with van der Waals surface area (Å²) < 4.78 is 40.4. The van der Waals surface area contributed by atoms with E-state index in [1.807, 2.05) is 54.6 Å². The Bertz CT molecular complexity index is 1570. The van der Waals surface area contributed by atoms with E-state index in [-0.39, 0.29) is 5.75 Å². The van der Waals surface area contributed by atoms with Crippen LogP contribution in [-0.4, -0.2) is 5.11 Å². The van der Waals surface area contributed by atoms with Gasteiger partial charge in [-0.15, -0.1) is 10.2 Å². The van der Waals surface area contributed by atoms with Crippen LogP contribution in [0.4, 0.5) is 0 Å². The lowest BCUT2D eigenvalue weighted by Gasteiger charge is -2.17. The summed E-state index contributed by atoms with van der Waals surface area (Å²) >= 11 is 0. The molecule has 0 aliphatic heterocycles. The third-order valence-corrected chi connectivity index (χ3v) is 6.33. The molecule has 0 bridgehead atoms. The van der Waals surface area contributed by atoms with Crippen LogP contribution >= 0.6 is 0 Å². The third-order valence-electron chi connectivity index (χ3n) is 6.33. The van der Waals surface area contributed by atoms with Crippen LogP contribution in [0.25, 0.3) is 45.4 Å². The van der Waals surface area contributed by atoms with Crippen LogP contribution in [-0.2, 0) is 6.42 Å². The van der Waals surface area contributed by atoms with Crippen molar-refractivity contribution in [3.63, 3.8) is 0 Å². The summed E-state index contributed by atoms with van der Waals surface area (Å²) in [6, 6.07) is 34.9. The average Bonchev–Trinajstić information content (AvgIpc) is 2.95. The molecule has 6 nitrogen and oxygen atoms in total. The summed E-state index contributed by atoms with van der Waals surface area (Å²) in [6.45, 7) is 2.20. The second-order valence-electron chi connectivity index (χ2n) is 9.21. The van der Waals surface area contributed by atoms with E-state index in [9.17, 15) is 5.11 Å². The smallest absolute Gasteiger partial charge is 0.360 e. The van der Waals surface area contributed by atoms with Gasteiger partial charge in [0.15, 0.2) is 0 Å². The average molecular weight is 557 g/mol. The predicted octanol–water partition coefficient (Wildman–Crippen LogP) is 4.51. The van der Waals surface area contributed by atoms with Crippen molar-refractivity contribution >= 4 is 23.1 Å². The zero-order valence-corrected chi connectivity index (χ0v) is 22.7. The maximum atomic E-state index is 10.5. The molecule has 1 N–H and O–H groups in total. The number of aryl methyl sites for hydroxylation is 1. The fourth-order valence-electron chi connectivity index (χ4n) is 4.37. The number of hydrogen-bond acceptors (Lipinski definition) is 5. The third kappa shape index (κ3) is 8.23. The first-order valence-electron chi connectivity index (χ1n) is 12.8. The molecule has 1 aromatic heterocycles. The van der Waals surface area contributed by atoms with E-state index in [1.165, 1.54) is 16.7 Å². The van der Waals surface area contributed by atoms with Gasteiger partial charge < -0.3 is 5.11 Å². The molecule has 40 heavy (non-hydrogen) atoms. The summed E-state index contributed by atoms with van der Waals surface area (Å²) in [6.07, 6.45) is 7.08.